The van der Waals surface area contributed by atoms with Crippen LogP contribution in [0.5, 0.6) is 0 Å². The average molecular weight is 302 g/mol. The third-order valence-electron chi connectivity index (χ3n) is 3.93. The Morgan fingerprint density at radius 2 is 1.68 bits per heavy atom. The van der Waals surface area contributed by atoms with E-state index >= 15 is 0 Å². The first-order chi connectivity index (χ1) is 10.6. The summed E-state index contributed by atoms with van der Waals surface area (Å²) >= 11 is 0. The molecule has 3 heteroatoms. The number of rotatable bonds is 9. The zero-order valence-corrected chi connectivity index (χ0v) is 14.5. The largest absolute Gasteiger partial charge is 0.333 e. The lowest BCUT2D eigenvalue weighted by atomic mass is 10.1. The Labute approximate surface area is 135 Å². The molecule has 0 saturated carbocycles. The van der Waals surface area contributed by atoms with Crippen molar-refractivity contribution in [2.75, 3.05) is 26.2 Å². The number of likely N-dealkylation sites (N-methyl/N-ethyl adjacent to an activating group) is 1. The number of benzene rings is 1. The van der Waals surface area contributed by atoms with Crippen molar-refractivity contribution in [3.8, 4) is 0 Å². The first-order valence-corrected chi connectivity index (χ1v) is 8.34. The van der Waals surface area contributed by atoms with Gasteiger partial charge in [-0.3, -0.25) is 4.79 Å². The molecule has 122 valence electrons. The number of allylic oxidation sites excluding steroid dienone is 1. The molecule has 0 heterocycles. The van der Waals surface area contributed by atoms with Crippen molar-refractivity contribution >= 4 is 5.91 Å². The van der Waals surface area contributed by atoms with Gasteiger partial charge in [-0.15, -0.1) is 0 Å². The molecule has 1 rings (SSSR count). The highest BCUT2D eigenvalue weighted by Crippen LogP contribution is 2.09. The number of hydrogen-bond donors (Lipinski definition) is 0. The van der Waals surface area contributed by atoms with Gasteiger partial charge in [-0.25, -0.2) is 0 Å². The van der Waals surface area contributed by atoms with Crippen LogP contribution >= 0.6 is 0 Å². The van der Waals surface area contributed by atoms with Gasteiger partial charge in [0.05, 0.1) is 0 Å². The van der Waals surface area contributed by atoms with Gasteiger partial charge >= 0.3 is 0 Å². The Morgan fingerprint density at radius 1 is 1.05 bits per heavy atom. The van der Waals surface area contributed by atoms with Gasteiger partial charge in [0.1, 0.15) is 0 Å². The maximum atomic E-state index is 12.7. The molecule has 22 heavy (non-hydrogen) atoms. The van der Waals surface area contributed by atoms with Crippen LogP contribution in [-0.2, 0) is 11.3 Å². The highest BCUT2D eigenvalue weighted by Gasteiger charge is 2.16. The Morgan fingerprint density at radius 3 is 2.23 bits per heavy atom. The molecule has 1 amide bonds. The third-order valence-corrected chi connectivity index (χ3v) is 3.93. The highest BCUT2D eigenvalue weighted by atomic mass is 16.2. The van der Waals surface area contributed by atoms with Crippen LogP contribution in [0.25, 0.3) is 0 Å². The molecular weight excluding hydrogens is 272 g/mol. The summed E-state index contributed by atoms with van der Waals surface area (Å²) in [6, 6.07) is 10.2. The number of carbonyl (C=O) groups is 1. The topological polar surface area (TPSA) is 23.6 Å². The zero-order chi connectivity index (χ0) is 16.4. The van der Waals surface area contributed by atoms with Crippen LogP contribution < -0.4 is 0 Å². The summed E-state index contributed by atoms with van der Waals surface area (Å²) < 4.78 is 0. The van der Waals surface area contributed by atoms with E-state index in [4.69, 9.17) is 0 Å². The van der Waals surface area contributed by atoms with E-state index in [1.54, 1.807) is 0 Å². The van der Waals surface area contributed by atoms with Crippen molar-refractivity contribution in [2.24, 2.45) is 0 Å². The second kappa shape index (κ2) is 10.2. The fraction of sp³-hybridized carbons (Fsp3) is 0.526. The fourth-order valence-electron chi connectivity index (χ4n) is 2.50. The van der Waals surface area contributed by atoms with Gasteiger partial charge < -0.3 is 9.80 Å². The van der Waals surface area contributed by atoms with Gasteiger partial charge in [0.15, 0.2) is 0 Å². The molecule has 0 aliphatic rings. The second-order valence-electron chi connectivity index (χ2n) is 5.53. The predicted octanol–water partition coefficient (Wildman–Crippen LogP) is 3.71. The van der Waals surface area contributed by atoms with Crippen LogP contribution in [0.1, 0.15) is 39.7 Å². The van der Waals surface area contributed by atoms with Gasteiger partial charge in [0.25, 0.3) is 0 Å². The molecule has 0 aliphatic carbocycles. The molecule has 0 aromatic heterocycles. The van der Waals surface area contributed by atoms with Gasteiger partial charge in [-0.2, -0.15) is 0 Å². The number of amides is 1. The molecule has 0 atom stereocenters. The average Bonchev–Trinajstić information content (AvgIpc) is 2.55. The number of carbonyl (C=O) groups excluding carboxylic acids is 1. The molecule has 1 aromatic carbocycles. The van der Waals surface area contributed by atoms with E-state index in [1.165, 1.54) is 5.56 Å². The summed E-state index contributed by atoms with van der Waals surface area (Å²) in [4.78, 5) is 17.0. The van der Waals surface area contributed by atoms with Gasteiger partial charge in [0.2, 0.25) is 5.91 Å². The summed E-state index contributed by atoms with van der Waals surface area (Å²) in [6.45, 7) is 12.7. The van der Waals surface area contributed by atoms with Gasteiger partial charge in [0, 0.05) is 25.2 Å². The highest BCUT2D eigenvalue weighted by molar-refractivity contribution is 5.92. The standard InChI is InChI=1S/C19H30N2O/c1-5-11-17(4)19(22)21(15-14-20(6-2)7-3)16-18-12-9-8-10-13-18/h8-13H,5-7,14-16H2,1-4H3. The van der Waals surface area contributed by atoms with E-state index < -0.39 is 0 Å². The summed E-state index contributed by atoms with van der Waals surface area (Å²) in [5.74, 6) is 0.151. The van der Waals surface area contributed by atoms with Crippen molar-refractivity contribution in [2.45, 2.75) is 40.7 Å². The smallest absolute Gasteiger partial charge is 0.249 e. The van der Waals surface area contributed by atoms with Crippen LogP contribution in [-0.4, -0.2) is 41.9 Å². The third kappa shape index (κ3) is 6.02. The van der Waals surface area contributed by atoms with Crippen LogP contribution in [0.2, 0.25) is 0 Å². The molecule has 3 nitrogen and oxygen atoms in total. The molecular formula is C19H30N2O. The summed E-state index contributed by atoms with van der Waals surface area (Å²) in [5.41, 5.74) is 2.03. The molecule has 0 fully saturated rings. The van der Waals surface area contributed by atoms with Crippen LogP contribution in [0.4, 0.5) is 0 Å². The van der Waals surface area contributed by atoms with Crippen molar-refractivity contribution in [3.05, 3.63) is 47.5 Å². The Kier molecular flexibility index (Phi) is 8.53. The molecule has 0 N–H and O–H groups in total. The van der Waals surface area contributed by atoms with E-state index in [-0.39, 0.29) is 5.91 Å². The minimum absolute atomic E-state index is 0.151. The van der Waals surface area contributed by atoms with Crippen molar-refractivity contribution < 1.29 is 4.79 Å². The SMILES string of the molecule is CCC=C(C)C(=O)N(CCN(CC)CC)Cc1ccccc1. The molecule has 0 unspecified atom stereocenters. The lowest BCUT2D eigenvalue weighted by Crippen LogP contribution is -2.38. The minimum Gasteiger partial charge on any atom is -0.333 e. The zero-order valence-electron chi connectivity index (χ0n) is 14.5. The summed E-state index contributed by atoms with van der Waals surface area (Å²) in [7, 11) is 0. The Hall–Kier alpha value is -1.61. The van der Waals surface area contributed by atoms with Crippen molar-refractivity contribution in [1.29, 1.82) is 0 Å². The first-order valence-electron chi connectivity index (χ1n) is 8.34. The van der Waals surface area contributed by atoms with Crippen LogP contribution in [0, 0.1) is 0 Å². The Balaban J connectivity index is 2.80. The molecule has 0 radical (unpaired) electrons. The van der Waals surface area contributed by atoms with Crippen LogP contribution in [0.3, 0.4) is 0 Å². The summed E-state index contributed by atoms with van der Waals surface area (Å²) in [5, 5.41) is 0. The monoisotopic (exact) mass is 302 g/mol. The molecule has 1 aromatic rings. The molecule has 0 aliphatic heterocycles. The number of hydrogen-bond acceptors (Lipinski definition) is 2. The van der Waals surface area contributed by atoms with E-state index in [0.29, 0.717) is 6.54 Å². The maximum Gasteiger partial charge on any atom is 0.249 e. The fourth-order valence-corrected chi connectivity index (χ4v) is 2.50. The lowest BCUT2D eigenvalue weighted by molar-refractivity contribution is -0.127. The molecule has 0 bridgehead atoms. The second-order valence-corrected chi connectivity index (χ2v) is 5.53. The van der Waals surface area contributed by atoms with Crippen molar-refractivity contribution in [3.63, 3.8) is 0 Å². The molecule has 0 saturated heterocycles. The Bertz CT molecular complexity index is 464. The lowest BCUT2D eigenvalue weighted by Gasteiger charge is -2.27. The maximum absolute atomic E-state index is 12.7. The first kappa shape index (κ1) is 18.4. The van der Waals surface area contributed by atoms with E-state index in [9.17, 15) is 4.79 Å². The van der Waals surface area contributed by atoms with E-state index in [2.05, 4.69) is 37.8 Å². The van der Waals surface area contributed by atoms with Gasteiger partial charge in [-0.1, -0.05) is 57.2 Å². The minimum atomic E-state index is 0.151. The predicted molar refractivity (Wildman–Crippen MR) is 93.7 cm³/mol. The van der Waals surface area contributed by atoms with Crippen LogP contribution in [0.15, 0.2) is 42.0 Å². The quantitative estimate of drug-likeness (QED) is 0.649. The van der Waals surface area contributed by atoms with E-state index in [1.807, 2.05) is 36.1 Å². The normalized spacial score (nSPS) is 11.8. The molecule has 0 spiro atoms. The summed E-state index contributed by atoms with van der Waals surface area (Å²) in [6.07, 6.45) is 2.91. The number of nitrogens with zero attached hydrogens (tertiary/aromatic N) is 2. The van der Waals surface area contributed by atoms with Gasteiger partial charge in [-0.05, 0) is 32.0 Å². The van der Waals surface area contributed by atoms with E-state index in [0.717, 1.165) is 38.2 Å². The van der Waals surface area contributed by atoms with Crippen molar-refractivity contribution in [1.82, 2.24) is 9.80 Å².